The molecule has 4 heteroatoms. The minimum Gasteiger partial charge on any atom is -0.393 e. The average molecular weight is 339 g/mol. The molecular weight excluding hydrogens is 304 g/mol. The van der Waals surface area contributed by atoms with Crippen molar-refractivity contribution in [3.05, 3.63) is 17.5 Å². The predicted molar refractivity (Wildman–Crippen MR) is 100 cm³/mol. The number of aliphatic hydroxyl groups excluding tert-OH is 1. The van der Waals surface area contributed by atoms with Crippen molar-refractivity contribution in [1.82, 2.24) is 9.78 Å². The fourth-order valence-corrected chi connectivity index (χ4v) is 3.75. The van der Waals surface area contributed by atoms with Gasteiger partial charge in [0, 0.05) is 22.9 Å². The SMILES string of the molecule is CC(S)C(C)c1cnn2c1CCCCCCCC(C)(C(C)O)C2. The summed E-state index contributed by atoms with van der Waals surface area (Å²) in [7, 11) is 0. The third kappa shape index (κ3) is 4.54. The fourth-order valence-electron chi connectivity index (χ4n) is 3.59. The second-order valence-electron chi connectivity index (χ2n) is 7.83. The summed E-state index contributed by atoms with van der Waals surface area (Å²) >= 11 is 4.64. The van der Waals surface area contributed by atoms with E-state index >= 15 is 0 Å². The van der Waals surface area contributed by atoms with E-state index in [4.69, 9.17) is 5.10 Å². The lowest BCUT2D eigenvalue weighted by Crippen LogP contribution is -2.35. The highest BCUT2D eigenvalue weighted by atomic mass is 32.1. The van der Waals surface area contributed by atoms with Crippen molar-refractivity contribution < 1.29 is 5.11 Å². The molecule has 0 fully saturated rings. The van der Waals surface area contributed by atoms with E-state index in [0.29, 0.717) is 11.2 Å². The fraction of sp³-hybridized carbons (Fsp3) is 0.842. The molecule has 4 atom stereocenters. The van der Waals surface area contributed by atoms with Gasteiger partial charge in [-0.25, -0.2) is 0 Å². The van der Waals surface area contributed by atoms with Crippen molar-refractivity contribution in [3.8, 4) is 0 Å². The van der Waals surface area contributed by atoms with Gasteiger partial charge < -0.3 is 5.11 Å². The maximum absolute atomic E-state index is 10.4. The van der Waals surface area contributed by atoms with Crippen molar-refractivity contribution in [2.24, 2.45) is 5.41 Å². The molecule has 1 aliphatic rings. The highest BCUT2D eigenvalue weighted by molar-refractivity contribution is 7.81. The smallest absolute Gasteiger partial charge is 0.0583 e. The largest absolute Gasteiger partial charge is 0.393 e. The molecule has 132 valence electrons. The molecule has 2 heterocycles. The molecular formula is C19H34N2OS. The molecule has 3 nitrogen and oxygen atoms in total. The Morgan fingerprint density at radius 1 is 1.17 bits per heavy atom. The Morgan fingerprint density at radius 3 is 2.48 bits per heavy atom. The lowest BCUT2D eigenvalue weighted by molar-refractivity contribution is 0.0267. The number of thiol groups is 1. The van der Waals surface area contributed by atoms with E-state index in [-0.39, 0.29) is 11.5 Å². The summed E-state index contributed by atoms with van der Waals surface area (Å²) in [5.74, 6) is 0.407. The van der Waals surface area contributed by atoms with E-state index < -0.39 is 0 Å². The van der Waals surface area contributed by atoms with Crippen LogP contribution in [0, 0.1) is 5.41 Å². The molecule has 0 bridgehead atoms. The van der Waals surface area contributed by atoms with Gasteiger partial charge >= 0.3 is 0 Å². The van der Waals surface area contributed by atoms with Crippen molar-refractivity contribution in [2.75, 3.05) is 0 Å². The van der Waals surface area contributed by atoms with Crippen molar-refractivity contribution in [3.63, 3.8) is 0 Å². The maximum Gasteiger partial charge on any atom is 0.0583 e. The first-order valence-corrected chi connectivity index (χ1v) is 9.77. The molecule has 2 rings (SSSR count). The predicted octanol–water partition coefficient (Wildman–Crippen LogP) is 4.59. The minimum absolute atomic E-state index is 0.0990. The Hall–Kier alpha value is -0.480. The molecule has 0 amide bonds. The zero-order valence-electron chi connectivity index (χ0n) is 15.3. The Balaban J connectivity index is 2.35. The summed E-state index contributed by atoms with van der Waals surface area (Å²) in [6.45, 7) is 9.36. The number of hydrogen-bond acceptors (Lipinski definition) is 3. The normalized spacial score (nSPS) is 27.6. The van der Waals surface area contributed by atoms with Crippen LogP contribution < -0.4 is 0 Å². The molecule has 4 unspecified atom stereocenters. The highest BCUT2D eigenvalue weighted by Crippen LogP contribution is 2.34. The molecule has 1 aromatic rings. The van der Waals surface area contributed by atoms with E-state index in [1.165, 1.54) is 43.4 Å². The van der Waals surface area contributed by atoms with Gasteiger partial charge in [-0.15, -0.1) is 0 Å². The molecule has 0 saturated carbocycles. The summed E-state index contributed by atoms with van der Waals surface area (Å²) in [5, 5.41) is 15.4. The first-order valence-electron chi connectivity index (χ1n) is 9.26. The second kappa shape index (κ2) is 8.06. The van der Waals surface area contributed by atoms with E-state index in [2.05, 4.69) is 38.1 Å². The van der Waals surface area contributed by atoms with Crippen LogP contribution in [0.4, 0.5) is 0 Å². The number of aromatic nitrogens is 2. The number of hydrogen-bond donors (Lipinski definition) is 2. The highest BCUT2D eigenvalue weighted by Gasteiger charge is 2.32. The molecule has 1 N–H and O–H groups in total. The molecule has 0 aliphatic carbocycles. The van der Waals surface area contributed by atoms with Crippen LogP contribution >= 0.6 is 12.6 Å². The number of fused-ring (bicyclic) bond motifs is 1. The Labute approximate surface area is 147 Å². The standard InChI is InChI=1S/C19H34N2OS/c1-14(15(2)23)17-12-20-21-13-19(4,16(3)22)11-9-7-5-6-8-10-18(17)21/h12,14-16,22-23H,5-11,13H2,1-4H3. The maximum atomic E-state index is 10.4. The Bertz CT molecular complexity index is 498. The second-order valence-corrected chi connectivity index (χ2v) is 8.65. The quantitative estimate of drug-likeness (QED) is 0.791. The molecule has 1 aliphatic heterocycles. The Kier molecular flexibility index (Phi) is 6.61. The van der Waals surface area contributed by atoms with Crippen molar-refractivity contribution in [1.29, 1.82) is 0 Å². The van der Waals surface area contributed by atoms with Crippen LogP contribution in [0.1, 0.15) is 83.4 Å². The molecule has 23 heavy (non-hydrogen) atoms. The van der Waals surface area contributed by atoms with Gasteiger partial charge in [0.05, 0.1) is 12.3 Å². The van der Waals surface area contributed by atoms with Crippen LogP contribution in [0.2, 0.25) is 0 Å². The minimum atomic E-state index is -0.315. The number of aliphatic hydroxyl groups is 1. The summed E-state index contributed by atoms with van der Waals surface area (Å²) in [5.41, 5.74) is 2.62. The first kappa shape index (κ1) is 18.9. The van der Waals surface area contributed by atoms with E-state index in [9.17, 15) is 5.11 Å². The van der Waals surface area contributed by atoms with Gasteiger partial charge in [-0.3, -0.25) is 4.68 Å². The van der Waals surface area contributed by atoms with E-state index in [0.717, 1.165) is 19.4 Å². The number of rotatable bonds is 3. The monoisotopic (exact) mass is 338 g/mol. The van der Waals surface area contributed by atoms with Gasteiger partial charge in [0.2, 0.25) is 0 Å². The first-order chi connectivity index (χ1) is 10.8. The Morgan fingerprint density at radius 2 is 1.83 bits per heavy atom. The summed E-state index contributed by atoms with van der Waals surface area (Å²) in [4.78, 5) is 0. The summed E-state index contributed by atoms with van der Waals surface area (Å²) in [6, 6.07) is 0. The lowest BCUT2D eigenvalue weighted by Gasteiger charge is -2.33. The van der Waals surface area contributed by atoms with Crippen LogP contribution in [0.25, 0.3) is 0 Å². The zero-order chi connectivity index (χ0) is 17.0. The van der Waals surface area contributed by atoms with Crippen LogP contribution in [0.3, 0.4) is 0 Å². The van der Waals surface area contributed by atoms with Crippen LogP contribution in [-0.4, -0.2) is 26.2 Å². The molecule has 0 aromatic carbocycles. The third-order valence-corrected chi connectivity index (χ3v) is 6.32. The third-order valence-electron chi connectivity index (χ3n) is 5.88. The van der Waals surface area contributed by atoms with Gasteiger partial charge in [-0.1, -0.05) is 46.5 Å². The van der Waals surface area contributed by atoms with Gasteiger partial charge in [0.15, 0.2) is 0 Å². The van der Waals surface area contributed by atoms with Crippen LogP contribution in [-0.2, 0) is 13.0 Å². The van der Waals surface area contributed by atoms with E-state index in [1.54, 1.807) is 0 Å². The topological polar surface area (TPSA) is 38.0 Å². The van der Waals surface area contributed by atoms with Crippen molar-refractivity contribution >= 4 is 12.6 Å². The van der Waals surface area contributed by atoms with Gasteiger partial charge in [-0.2, -0.15) is 17.7 Å². The molecule has 0 radical (unpaired) electrons. The number of nitrogens with zero attached hydrogens (tertiary/aromatic N) is 2. The summed E-state index contributed by atoms with van der Waals surface area (Å²) < 4.78 is 2.18. The van der Waals surface area contributed by atoms with Crippen molar-refractivity contribution in [2.45, 2.75) is 96.5 Å². The molecule has 0 spiro atoms. The average Bonchev–Trinajstić information content (AvgIpc) is 2.85. The van der Waals surface area contributed by atoms with Gasteiger partial charge in [-0.05, 0) is 37.7 Å². The van der Waals surface area contributed by atoms with Gasteiger partial charge in [0.1, 0.15) is 0 Å². The van der Waals surface area contributed by atoms with E-state index in [1.807, 2.05) is 13.1 Å². The molecule has 0 saturated heterocycles. The van der Waals surface area contributed by atoms with Crippen LogP contribution in [0.15, 0.2) is 6.20 Å². The summed E-state index contributed by atoms with van der Waals surface area (Å²) in [6.07, 6.45) is 10.2. The van der Waals surface area contributed by atoms with Gasteiger partial charge in [0.25, 0.3) is 0 Å². The zero-order valence-corrected chi connectivity index (χ0v) is 16.1. The van der Waals surface area contributed by atoms with Crippen LogP contribution in [0.5, 0.6) is 0 Å². The lowest BCUT2D eigenvalue weighted by atomic mass is 9.79. The molecule has 1 aromatic heterocycles.